The molecule has 1 aromatic heterocycles. The summed E-state index contributed by atoms with van der Waals surface area (Å²) in [6, 6.07) is 1.85. The molecule has 0 bridgehead atoms. The highest BCUT2D eigenvalue weighted by Crippen LogP contribution is 2.26. The van der Waals surface area contributed by atoms with Crippen molar-refractivity contribution in [2.45, 2.75) is 32.7 Å². The number of halogens is 1. The lowest BCUT2D eigenvalue weighted by molar-refractivity contribution is -0.123. The van der Waals surface area contributed by atoms with E-state index in [0.29, 0.717) is 17.0 Å². The number of carbonyl (C=O) groups is 2. The van der Waals surface area contributed by atoms with Gasteiger partial charge < -0.3 is 15.1 Å². The molecule has 0 aliphatic carbocycles. The zero-order chi connectivity index (χ0) is 14.2. The predicted octanol–water partition coefficient (Wildman–Crippen LogP) is 2.08. The summed E-state index contributed by atoms with van der Waals surface area (Å²) < 4.78 is 5.91. The number of piperidine rings is 1. The Hall–Kier alpha value is -1.30. The van der Waals surface area contributed by atoms with Crippen molar-refractivity contribution in [3.05, 3.63) is 22.1 Å². The smallest absolute Gasteiger partial charge is 0.290 e. The zero-order valence-corrected chi connectivity index (χ0v) is 12.6. The fourth-order valence-electron chi connectivity index (χ4n) is 2.41. The fourth-order valence-corrected chi connectivity index (χ4v) is 2.91. The van der Waals surface area contributed by atoms with Gasteiger partial charge >= 0.3 is 0 Å². The number of aryl methyl sites for hydroxylation is 1. The number of carbonyl (C=O) groups excluding carboxylic acids is 2. The summed E-state index contributed by atoms with van der Waals surface area (Å²) in [7, 11) is 0. The first-order valence-corrected chi connectivity index (χ1v) is 7.05. The molecule has 2 N–H and O–H groups in total. The van der Waals surface area contributed by atoms with Crippen molar-refractivity contribution in [3.63, 3.8) is 0 Å². The predicted molar refractivity (Wildman–Crippen MR) is 73.6 cm³/mol. The minimum Gasteiger partial charge on any atom is -0.444 e. The van der Waals surface area contributed by atoms with Crippen molar-refractivity contribution in [2.75, 3.05) is 6.54 Å². The quantitative estimate of drug-likeness (QED) is 0.902. The highest BCUT2D eigenvalue weighted by molar-refractivity contribution is 9.10. The van der Waals surface area contributed by atoms with E-state index in [9.17, 15) is 9.59 Å². The summed E-state index contributed by atoms with van der Waals surface area (Å²) in [6.07, 6.45) is 1.52. The summed E-state index contributed by atoms with van der Waals surface area (Å²) in [6.45, 7) is 4.16. The Labute approximate surface area is 120 Å². The normalized spacial score (nSPS) is 23.4. The van der Waals surface area contributed by atoms with E-state index in [1.54, 1.807) is 11.0 Å². The van der Waals surface area contributed by atoms with Crippen LogP contribution < -0.4 is 5.73 Å². The molecule has 1 fully saturated rings. The molecule has 1 aliphatic rings. The number of hydrogen-bond acceptors (Lipinski definition) is 3. The lowest BCUT2D eigenvalue weighted by atomic mass is 9.92. The van der Waals surface area contributed by atoms with Gasteiger partial charge in [0.25, 0.3) is 5.91 Å². The Bertz CT molecular complexity index is 512. The van der Waals surface area contributed by atoms with Crippen molar-refractivity contribution in [3.8, 4) is 0 Å². The van der Waals surface area contributed by atoms with Gasteiger partial charge in [0.05, 0.1) is 5.92 Å². The second kappa shape index (κ2) is 5.36. The van der Waals surface area contributed by atoms with Gasteiger partial charge in [-0.2, -0.15) is 0 Å². The number of furan rings is 1. The van der Waals surface area contributed by atoms with Crippen LogP contribution in [0.3, 0.4) is 0 Å². The number of likely N-dealkylation sites (tertiary alicyclic amines) is 1. The molecule has 2 amide bonds. The topological polar surface area (TPSA) is 76.5 Å². The Kier molecular flexibility index (Phi) is 3.99. The van der Waals surface area contributed by atoms with Crippen molar-refractivity contribution >= 4 is 27.7 Å². The molecule has 1 aromatic rings. The lowest BCUT2D eigenvalue weighted by Crippen LogP contribution is -2.48. The highest BCUT2D eigenvalue weighted by atomic mass is 79.9. The van der Waals surface area contributed by atoms with Gasteiger partial charge in [0.15, 0.2) is 10.4 Å². The Morgan fingerprint density at radius 3 is 2.68 bits per heavy atom. The largest absolute Gasteiger partial charge is 0.444 e. The van der Waals surface area contributed by atoms with Gasteiger partial charge in [0.2, 0.25) is 5.91 Å². The van der Waals surface area contributed by atoms with Gasteiger partial charge in [0, 0.05) is 18.2 Å². The molecule has 0 spiro atoms. The Balaban J connectivity index is 2.21. The summed E-state index contributed by atoms with van der Waals surface area (Å²) in [5, 5.41) is 0. The molecule has 0 saturated carbocycles. The Morgan fingerprint density at radius 1 is 1.47 bits per heavy atom. The maximum absolute atomic E-state index is 12.5. The van der Waals surface area contributed by atoms with E-state index in [2.05, 4.69) is 15.9 Å². The third-order valence-electron chi connectivity index (χ3n) is 3.63. The molecular weight excluding hydrogens is 312 g/mol. The fraction of sp³-hybridized carbons (Fsp3) is 0.538. The third-order valence-corrected chi connectivity index (χ3v) is 4.02. The van der Waals surface area contributed by atoms with Crippen LogP contribution in [0.4, 0.5) is 0 Å². The minimum absolute atomic E-state index is 0.0892. The monoisotopic (exact) mass is 328 g/mol. The minimum atomic E-state index is -0.345. The summed E-state index contributed by atoms with van der Waals surface area (Å²) in [5.41, 5.74) is 6.12. The van der Waals surface area contributed by atoms with E-state index < -0.39 is 0 Å². The van der Waals surface area contributed by atoms with Crippen molar-refractivity contribution < 1.29 is 14.0 Å². The van der Waals surface area contributed by atoms with Crippen molar-refractivity contribution in [1.82, 2.24) is 4.90 Å². The number of primary amides is 1. The molecular formula is C13H17BrN2O3. The molecule has 2 rings (SSSR count). The highest BCUT2D eigenvalue weighted by Gasteiger charge is 2.33. The van der Waals surface area contributed by atoms with Crippen LogP contribution in [0.2, 0.25) is 0 Å². The molecule has 19 heavy (non-hydrogen) atoms. The number of amides is 2. The number of nitrogens with two attached hydrogens (primary N) is 1. The molecule has 104 valence electrons. The van der Waals surface area contributed by atoms with Gasteiger partial charge in [-0.15, -0.1) is 0 Å². The van der Waals surface area contributed by atoms with Gasteiger partial charge in [-0.3, -0.25) is 9.59 Å². The first kappa shape index (κ1) is 14.1. The third kappa shape index (κ3) is 2.83. The van der Waals surface area contributed by atoms with E-state index in [4.69, 9.17) is 10.2 Å². The molecule has 0 radical (unpaired) electrons. The van der Waals surface area contributed by atoms with Gasteiger partial charge in [-0.05, 0) is 48.7 Å². The molecule has 6 heteroatoms. The average Bonchev–Trinajstić information content (AvgIpc) is 2.68. The van der Waals surface area contributed by atoms with Crippen LogP contribution in [0.1, 0.15) is 35.9 Å². The molecule has 0 aromatic carbocycles. The average molecular weight is 329 g/mol. The van der Waals surface area contributed by atoms with Crippen LogP contribution in [0, 0.1) is 12.8 Å². The molecule has 1 saturated heterocycles. The number of hydrogen-bond donors (Lipinski definition) is 1. The Morgan fingerprint density at radius 2 is 2.16 bits per heavy atom. The van der Waals surface area contributed by atoms with E-state index in [1.165, 1.54) is 0 Å². The van der Waals surface area contributed by atoms with E-state index in [1.807, 2.05) is 13.8 Å². The lowest BCUT2D eigenvalue weighted by Gasteiger charge is -2.36. The van der Waals surface area contributed by atoms with Crippen LogP contribution in [0.5, 0.6) is 0 Å². The maximum Gasteiger partial charge on any atom is 0.290 e. The molecule has 5 nitrogen and oxygen atoms in total. The SMILES string of the molecule is Cc1cc(Br)oc1C(=O)N1C[C@@H](C(N)=O)CC[C@H]1C. The second-order valence-electron chi connectivity index (χ2n) is 5.05. The summed E-state index contributed by atoms with van der Waals surface area (Å²) >= 11 is 3.21. The van der Waals surface area contributed by atoms with Crippen LogP contribution in [0.25, 0.3) is 0 Å². The zero-order valence-electron chi connectivity index (χ0n) is 11.0. The van der Waals surface area contributed by atoms with Crippen molar-refractivity contribution in [2.24, 2.45) is 11.7 Å². The molecule has 2 heterocycles. The standard InChI is InChI=1S/C13H17BrN2O3/c1-7-5-10(14)19-11(7)13(18)16-6-9(12(15)17)4-3-8(16)2/h5,8-9H,3-4,6H2,1-2H3,(H2,15,17)/t8-,9+/m1/s1. The van der Waals surface area contributed by atoms with Crippen molar-refractivity contribution in [1.29, 1.82) is 0 Å². The van der Waals surface area contributed by atoms with Crippen LogP contribution in [0.15, 0.2) is 15.2 Å². The molecule has 0 unspecified atom stereocenters. The van der Waals surface area contributed by atoms with Gasteiger partial charge in [-0.1, -0.05) is 0 Å². The number of rotatable bonds is 2. The molecule has 1 aliphatic heterocycles. The van der Waals surface area contributed by atoms with E-state index in [-0.39, 0.29) is 23.8 Å². The first-order chi connectivity index (χ1) is 8.90. The second-order valence-corrected chi connectivity index (χ2v) is 5.83. The first-order valence-electron chi connectivity index (χ1n) is 6.26. The van der Waals surface area contributed by atoms with E-state index >= 15 is 0 Å². The summed E-state index contributed by atoms with van der Waals surface area (Å²) in [4.78, 5) is 25.4. The van der Waals surface area contributed by atoms with Gasteiger partial charge in [-0.25, -0.2) is 0 Å². The van der Waals surface area contributed by atoms with Crippen LogP contribution in [-0.2, 0) is 4.79 Å². The van der Waals surface area contributed by atoms with Crippen LogP contribution in [-0.4, -0.2) is 29.3 Å². The van der Waals surface area contributed by atoms with Gasteiger partial charge in [0.1, 0.15) is 0 Å². The van der Waals surface area contributed by atoms with Crippen LogP contribution >= 0.6 is 15.9 Å². The summed E-state index contributed by atoms with van der Waals surface area (Å²) in [5.74, 6) is -0.466. The molecule has 2 atom stereocenters. The number of nitrogens with zero attached hydrogens (tertiary/aromatic N) is 1. The maximum atomic E-state index is 12.5. The van der Waals surface area contributed by atoms with E-state index in [0.717, 1.165) is 18.4 Å².